The van der Waals surface area contributed by atoms with E-state index in [9.17, 15) is 0 Å². The Hall–Kier alpha value is -1.54. The van der Waals surface area contributed by atoms with Gasteiger partial charge >= 0.3 is 0 Å². The first kappa shape index (κ1) is 16.5. The number of nitrogens with one attached hydrogen (secondary N) is 1. The van der Waals surface area contributed by atoms with Crippen molar-refractivity contribution in [2.75, 3.05) is 24.5 Å². The molecule has 0 bridgehead atoms. The predicted molar refractivity (Wildman–Crippen MR) is 90.4 cm³/mol. The van der Waals surface area contributed by atoms with Crippen LogP contribution in [0.5, 0.6) is 0 Å². The molecular formula is C18H28N2. The second-order valence-electron chi connectivity index (χ2n) is 4.96. The van der Waals surface area contributed by atoms with E-state index in [0.717, 1.165) is 32.5 Å². The van der Waals surface area contributed by atoms with Crippen molar-refractivity contribution in [3.05, 3.63) is 55.1 Å². The smallest absolute Gasteiger partial charge is 0.0420 e. The molecule has 1 atom stereocenters. The van der Waals surface area contributed by atoms with Gasteiger partial charge in [0.15, 0.2) is 0 Å². The van der Waals surface area contributed by atoms with Crippen molar-refractivity contribution in [3.8, 4) is 0 Å². The summed E-state index contributed by atoms with van der Waals surface area (Å²) < 4.78 is 0. The Morgan fingerprint density at radius 1 is 1.15 bits per heavy atom. The van der Waals surface area contributed by atoms with E-state index in [0.29, 0.717) is 6.04 Å². The molecule has 0 aromatic heterocycles. The minimum absolute atomic E-state index is 0.406. The average molecular weight is 272 g/mol. The zero-order valence-electron chi connectivity index (χ0n) is 12.9. The van der Waals surface area contributed by atoms with Crippen molar-refractivity contribution in [1.29, 1.82) is 0 Å². The zero-order valence-corrected chi connectivity index (χ0v) is 12.9. The van der Waals surface area contributed by atoms with Crippen molar-refractivity contribution in [3.63, 3.8) is 0 Å². The second kappa shape index (κ2) is 9.38. The Labute approximate surface area is 124 Å². The molecule has 0 radical (unpaired) electrons. The molecule has 0 aliphatic rings. The maximum Gasteiger partial charge on any atom is 0.0420 e. The molecule has 1 unspecified atom stereocenters. The van der Waals surface area contributed by atoms with Crippen molar-refractivity contribution in [2.45, 2.75) is 32.7 Å². The van der Waals surface area contributed by atoms with Gasteiger partial charge < -0.3 is 10.2 Å². The van der Waals surface area contributed by atoms with E-state index < -0.39 is 0 Å². The summed E-state index contributed by atoms with van der Waals surface area (Å²) in [5.41, 5.74) is 2.65. The molecular weight excluding hydrogens is 244 g/mol. The van der Waals surface area contributed by atoms with Crippen LogP contribution in [-0.4, -0.2) is 19.6 Å². The van der Waals surface area contributed by atoms with Gasteiger partial charge in [0.1, 0.15) is 0 Å². The molecule has 1 aromatic carbocycles. The van der Waals surface area contributed by atoms with Crippen molar-refractivity contribution in [1.82, 2.24) is 5.32 Å². The van der Waals surface area contributed by atoms with Gasteiger partial charge in [-0.25, -0.2) is 0 Å². The summed E-state index contributed by atoms with van der Waals surface area (Å²) in [6.07, 6.45) is 6.14. The van der Waals surface area contributed by atoms with Crippen LogP contribution in [0.2, 0.25) is 0 Å². The van der Waals surface area contributed by atoms with Crippen LogP contribution in [0.25, 0.3) is 0 Å². The van der Waals surface area contributed by atoms with E-state index in [-0.39, 0.29) is 0 Å². The minimum atomic E-state index is 0.406. The van der Waals surface area contributed by atoms with E-state index in [2.05, 4.69) is 61.5 Å². The van der Waals surface area contributed by atoms with Crippen LogP contribution in [0, 0.1) is 0 Å². The van der Waals surface area contributed by atoms with Crippen molar-refractivity contribution >= 4 is 5.69 Å². The van der Waals surface area contributed by atoms with Crippen LogP contribution in [0.15, 0.2) is 49.6 Å². The molecule has 0 aliphatic carbocycles. The van der Waals surface area contributed by atoms with Gasteiger partial charge in [-0.1, -0.05) is 44.2 Å². The summed E-state index contributed by atoms with van der Waals surface area (Å²) in [5, 5.41) is 3.64. The average Bonchev–Trinajstić information content (AvgIpc) is 2.48. The molecule has 110 valence electrons. The highest BCUT2D eigenvalue weighted by Gasteiger charge is 2.15. The van der Waals surface area contributed by atoms with Gasteiger partial charge in [-0.2, -0.15) is 0 Å². The standard InChI is InChI=1S/C18H28N2/c1-5-13-19-17(8-4)16-11-9-10-12-18(16)20(14-6-2)15-7-3/h6-7,9-12,17,19H,2-3,5,8,13-15H2,1,4H3. The lowest BCUT2D eigenvalue weighted by atomic mass is 10.0. The van der Waals surface area contributed by atoms with Crippen LogP contribution in [-0.2, 0) is 0 Å². The predicted octanol–water partition coefficient (Wildman–Crippen LogP) is 4.32. The van der Waals surface area contributed by atoms with Crippen LogP contribution < -0.4 is 10.2 Å². The van der Waals surface area contributed by atoms with Gasteiger partial charge in [-0.3, -0.25) is 0 Å². The highest BCUT2D eigenvalue weighted by Crippen LogP contribution is 2.28. The van der Waals surface area contributed by atoms with Gasteiger partial charge in [-0.15, -0.1) is 13.2 Å². The molecule has 20 heavy (non-hydrogen) atoms. The fraction of sp³-hybridized carbons (Fsp3) is 0.444. The molecule has 2 heteroatoms. The van der Waals surface area contributed by atoms with Gasteiger partial charge in [0.2, 0.25) is 0 Å². The number of rotatable bonds is 10. The summed E-state index contributed by atoms with van der Waals surface area (Å²) in [6, 6.07) is 9.05. The Bertz CT molecular complexity index is 402. The fourth-order valence-corrected chi connectivity index (χ4v) is 2.45. The van der Waals surface area contributed by atoms with E-state index >= 15 is 0 Å². The quantitative estimate of drug-likeness (QED) is 0.638. The first-order valence-electron chi connectivity index (χ1n) is 7.57. The lowest BCUT2D eigenvalue weighted by molar-refractivity contribution is 0.518. The summed E-state index contributed by atoms with van der Waals surface area (Å²) in [5.74, 6) is 0. The summed E-state index contributed by atoms with van der Waals surface area (Å²) in [7, 11) is 0. The monoisotopic (exact) mass is 272 g/mol. The lowest BCUT2D eigenvalue weighted by Crippen LogP contribution is -2.28. The molecule has 0 aliphatic heterocycles. The second-order valence-corrected chi connectivity index (χ2v) is 4.96. The Morgan fingerprint density at radius 3 is 2.35 bits per heavy atom. The summed E-state index contributed by atoms with van der Waals surface area (Å²) in [6.45, 7) is 14.9. The molecule has 1 aromatic rings. The Kier molecular flexibility index (Phi) is 7.74. The first-order chi connectivity index (χ1) is 9.78. The third-order valence-electron chi connectivity index (χ3n) is 3.40. The summed E-state index contributed by atoms with van der Waals surface area (Å²) >= 11 is 0. The van der Waals surface area contributed by atoms with E-state index in [1.807, 2.05) is 12.2 Å². The van der Waals surface area contributed by atoms with Crippen LogP contribution in [0.4, 0.5) is 5.69 Å². The van der Waals surface area contributed by atoms with Crippen LogP contribution in [0.3, 0.4) is 0 Å². The highest BCUT2D eigenvalue weighted by molar-refractivity contribution is 5.56. The number of benzene rings is 1. The largest absolute Gasteiger partial charge is 0.364 e. The molecule has 1 N–H and O–H groups in total. The van der Waals surface area contributed by atoms with Crippen LogP contribution >= 0.6 is 0 Å². The number of nitrogens with zero attached hydrogens (tertiary/aromatic N) is 1. The van der Waals surface area contributed by atoms with E-state index in [4.69, 9.17) is 0 Å². The SMILES string of the molecule is C=CCN(CC=C)c1ccccc1C(CC)NCCC. The molecule has 0 heterocycles. The highest BCUT2D eigenvalue weighted by atomic mass is 15.1. The van der Waals surface area contributed by atoms with Gasteiger partial charge in [0.05, 0.1) is 0 Å². The normalized spacial score (nSPS) is 11.9. The third kappa shape index (κ3) is 4.53. The van der Waals surface area contributed by atoms with Crippen LogP contribution in [0.1, 0.15) is 38.3 Å². The van der Waals surface area contributed by atoms with Gasteiger partial charge in [0.25, 0.3) is 0 Å². The van der Waals surface area contributed by atoms with Gasteiger partial charge in [0, 0.05) is 24.8 Å². The molecule has 0 fully saturated rings. The maximum absolute atomic E-state index is 3.86. The molecule has 1 rings (SSSR count). The fourth-order valence-electron chi connectivity index (χ4n) is 2.45. The van der Waals surface area contributed by atoms with E-state index in [1.54, 1.807) is 0 Å². The zero-order chi connectivity index (χ0) is 14.8. The van der Waals surface area contributed by atoms with E-state index in [1.165, 1.54) is 11.3 Å². The number of para-hydroxylation sites is 1. The number of hydrogen-bond acceptors (Lipinski definition) is 2. The molecule has 0 spiro atoms. The molecule has 0 saturated carbocycles. The Balaban J connectivity index is 3.05. The van der Waals surface area contributed by atoms with Crippen molar-refractivity contribution < 1.29 is 0 Å². The maximum atomic E-state index is 3.86. The van der Waals surface area contributed by atoms with Crippen molar-refractivity contribution in [2.24, 2.45) is 0 Å². The topological polar surface area (TPSA) is 15.3 Å². The molecule has 0 saturated heterocycles. The molecule has 2 nitrogen and oxygen atoms in total. The Morgan fingerprint density at radius 2 is 1.80 bits per heavy atom. The van der Waals surface area contributed by atoms with Gasteiger partial charge in [-0.05, 0) is 31.0 Å². The number of anilines is 1. The minimum Gasteiger partial charge on any atom is -0.364 e. The number of hydrogen-bond donors (Lipinski definition) is 1. The lowest BCUT2D eigenvalue weighted by Gasteiger charge is -2.28. The first-order valence-corrected chi connectivity index (χ1v) is 7.57. The summed E-state index contributed by atoms with van der Waals surface area (Å²) in [4.78, 5) is 2.31. The third-order valence-corrected chi connectivity index (χ3v) is 3.40. The molecule has 0 amide bonds.